The standard InChI is InChI=1S/C24H28F3N3O/c1-16-21(28-20-3-2-4-22-23(20)30(16)13-14-31-22)15-29-11-9-18(10-12-29)17-5-7-19(8-6-17)24(25,26)27/h2-8,16,18,21,28H,9-15H2,1H3. The van der Waals surface area contributed by atoms with Crippen LogP contribution in [0.4, 0.5) is 24.5 Å². The molecule has 2 atom stereocenters. The molecule has 2 aromatic carbocycles. The van der Waals surface area contributed by atoms with Gasteiger partial charge in [0.15, 0.2) is 0 Å². The maximum absolute atomic E-state index is 12.8. The van der Waals surface area contributed by atoms with Gasteiger partial charge in [0, 0.05) is 12.6 Å². The molecule has 0 aromatic heterocycles. The molecule has 5 rings (SSSR count). The first-order chi connectivity index (χ1) is 14.9. The van der Waals surface area contributed by atoms with E-state index in [-0.39, 0.29) is 0 Å². The predicted octanol–water partition coefficient (Wildman–Crippen LogP) is 4.97. The molecule has 3 aliphatic heterocycles. The fourth-order valence-corrected chi connectivity index (χ4v) is 5.23. The summed E-state index contributed by atoms with van der Waals surface area (Å²) in [6.45, 7) is 6.78. The molecule has 0 saturated carbocycles. The van der Waals surface area contributed by atoms with E-state index < -0.39 is 11.7 Å². The second-order valence-corrected chi connectivity index (χ2v) is 8.88. The molecule has 3 aliphatic rings. The Balaban J connectivity index is 1.21. The van der Waals surface area contributed by atoms with E-state index in [1.165, 1.54) is 17.8 Å². The summed E-state index contributed by atoms with van der Waals surface area (Å²) >= 11 is 0. The lowest BCUT2D eigenvalue weighted by atomic mass is 9.88. The summed E-state index contributed by atoms with van der Waals surface area (Å²) in [5, 5.41) is 3.73. The molecule has 4 nitrogen and oxygen atoms in total. The number of piperidine rings is 1. The van der Waals surface area contributed by atoms with E-state index in [1.807, 2.05) is 12.1 Å². The Bertz CT molecular complexity index is 923. The Kier molecular flexibility index (Phi) is 5.24. The first-order valence-corrected chi connectivity index (χ1v) is 11.1. The van der Waals surface area contributed by atoms with Crippen LogP contribution in [0.25, 0.3) is 0 Å². The molecule has 1 N–H and O–H groups in total. The molecule has 0 aliphatic carbocycles. The van der Waals surface area contributed by atoms with E-state index in [2.05, 4.69) is 28.1 Å². The first kappa shape index (κ1) is 20.5. The van der Waals surface area contributed by atoms with Gasteiger partial charge in [0.1, 0.15) is 18.0 Å². The van der Waals surface area contributed by atoms with Crippen molar-refractivity contribution in [2.24, 2.45) is 0 Å². The molecule has 1 fully saturated rings. The predicted molar refractivity (Wildman–Crippen MR) is 116 cm³/mol. The second kappa shape index (κ2) is 7.93. The van der Waals surface area contributed by atoms with Gasteiger partial charge in [0.2, 0.25) is 0 Å². The van der Waals surface area contributed by atoms with Crippen LogP contribution in [0, 0.1) is 0 Å². The number of halogens is 3. The molecule has 166 valence electrons. The zero-order chi connectivity index (χ0) is 21.6. The zero-order valence-corrected chi connectivity index (χ0v) is 17.7. The van der Waals surface area contributed by atoms with Crippen LogP contribution in [0.1, 0.15) is 36.8 Å². The van der Waals surface area contributed by atoms with E-state index >= 15 is 0 Å². The zero-order valence-electron chi connectivity index (χ0n) is 17.7. The Hall–Kier alpha value is -2.41. The van der Waals surface area contributed by atoms with Crippen LogP contribution in [0.2, 0.25) is 0 Å². The number of nitrogens with one attached hydrogen (secondary N) is 1. The minimum Gasteiger partial charge on any atom is -0.489 e. The van der Waals surface area contributed by atoms with Gasteiger partial charge >= 0.3 is 6.18 Å². The van der Waals surface area contributed by atoms with E-state index in [9.17, 15) is 13.2 Å². The minimum atomic E-state index is -4.27. The normalized spacial score (nSPS) is 24.3. The van der Waals surface area contributed by atoms with Crippen LogP contribution >= 0.6 is 0 Å². The van der Waals surface area contributed by atoms with Gasteiger partial charge in [-0.15, -0.1) is 0 Å². The highest BCUT2D eigenvalue weighted by molar-refractivity contribution is 5.80. The second-order valence-electron chi connectivity index (χ2n) is 8.88. The van der Waals surface area contributed by atoms with E-state index in [1.54, 1.807) is 12.1 Å². The number of likely N-dealkylation sites (tertiary alicyclic amines) is 1. The topological polar surface area (TPSA) is 27.7 Å². The third-order valence-electron chi connectivity index (χ3n) is 7.04. The average molecular weight is 432 g/mol. The molecule has 7 heteroatoms. The van der Waals surface area contributed by atoms with Crippen LogP contribution in [0.3, 0.4) is 0 Å². The van der Waals surface area contributed by atoms with Crippen LogP contribution in [0.15, 0.2) is 42.5 Å². The van der Waals surface area contributed by atoms with Crippen molar-refractivity contribution in [1.29, 1.82) is 0 Å². The van der Waals surface area contributed by atoms with Crippen molar-refractivity contribution in [3.05, 3.63) is 53.6 Å². The molecule has 2 unspecified atom stereocenters. The quantitative estimate of drug-likeness (QED) is 0.743. The van der Waals surface area contributed by atoms with Gasteiger partial charge in [0.05, 0.1) is 23.8 Å². The summed E-state index contributed by atoms with van der Waals surface area (Å²) in [7, 11) is 0. The third kappa shape index (κ3) is 3.95. The highest BCUT2D eigenvalue weighted by Crippen LogP contribution is 2.43. The molecule has 0 amide bonds. The van der Waals surface area contributed by atoms with Gasteiger partial charge in [-0.3, -0.25) is 0 Å². The number of alkyl halides is 3. The summed E-state index contributed by atoms with van der Waals surface area (Å²) < 4.78 is 44.3. The van der Waals surface area contributed by atoms with Crippen molar-refractivity contribution in [2.75, 3.05) is 43.0 Å². The van der Waals surface area contributed by atoms with E-state index in [0.717, 1.165) is 56.0 Å². The summed E-state index contributed by atoms with van der Waals surface area (Å²) in [4.78, 5) is 4.95. The van der Waals surface area contributed by atoms with Gasteiger partial charge < -0.3 is 19.9 Å². The van der Waals surface area contributed by atoms with Gasteiger partial charge in [0.25, 0.3) is 0 Å². The minimum absolute atomic E-state index is 0.323. The monoisotopic (exact) mass is 431 g/mol. The Morgan fingerprint density at radius 3 is 2.48 bits per heavy atom. The van der Waals surface area contributed by atoms with E-state index in [0.29, 0.717) is 24.6 Å². The summed E-state index contributed by atoms with van der Waals surface area (Å²) in [6.07, 6.45) is -2.32. The van der Waals surface area contributed by atoms with Crippen LogP contribution in [0.5, 0.6) is 5.75 Å². The number of ether oxygens (including phenoxy) is 1. The number of hydrogen-bond acceptors (Lipinski definition) is 4. The molecule has 0 radical (unpaired) electrons. The molecule has 1 saturated heterocycles. The molecular formula is C24H28F3N3O. The number of anilines is 2. The number of para-hydroxylation sites is 1. The Labute approximate surface area is 181 Å². The summed E-state index contributed by atoms with van der Waals surface area (Å²) in [5.41, 5.74) is 2.77. The Morgan fingerprint density at radius 2 is 1.77 bits per heavy atom. The van der Waals surface area contributed by atoms with Crippen molar-refractivity contribution in [1.82, 2.24) is 4.90 Å². The fraction of sp³-hybridized carbons (Fsp3) is 0.500. The van der Waals surface area contributed by atoms with Gasteiger partial charge in [-0.1, -0.05) is 18.2 Å². The smallest absolute Gasteiger partial charge is 0.416 e. The van der Waals surface area contributed by atoms with Crippen LogP contribution in [-0.2, 0) is 6.18 Å². The van der Waals surface area contributed by atoms with Gasteiger partial charge in [-0.25, -0.2) is 0 Å². The molecule has 2 aromatic rings. The lowest BCUT2D eigenvalue weighted by Gasteiger charge is -2.47. The molecule has 0 spiro atoms. The highest BCUT2D eigenvalue weighted by Gasteiger charge is 2.36. The van der Waals surface area contributed by atoms with Crippen molar-refractivity contribution in [3.63, 3.8) is 0 Å². The van der Waals surface area contributed by atoms with Gasteiger partial charge in [-0.2, -0.15) is 13.2 Å². The maximum atomic E-state index is 12.8. The maximum Gasteiger partial charge on any atom is 0.416 e. The molecular weight excluding hydrogens is 403 g/mol. The summed E-state index contributed by atoms with van der Waals surface area (Å²) in [6, 6.07) is 12.6. The van der Waals surface area contributed by atoms with Crippen LogP contribution < -0.4 is 15.0 Å². The number of rotatable bonds is 3. The lowest BCUT2D eigenvalue weighted by Crippen LogP contribution is -2.56. The molecule has 0 bridgehead atoms. The fourth-order valence-electron chi connectivity index (χ4n) is 5.23. The van der Waals surface area contributed by atoms with Crippen molar-refractivity contribution >= 4 is 11.4 Å². The number of nitrogens with zero attached hydrogens (tertiary/aromatic N) is 2. The number of hydrogen-bond donors (Lipinski definition) is 1. The van der Waals surface area contributed by atoms with Crippen molar-refractivity contribution < 1.29 is 17.9 Å². The first-order valence-electron chi connectivity index (χ1n) is 11.1. The number of benzene rings is 2. The lowest BCUT2D eigenvalue weighted by molar-refractivity contribution is -0.137. The average Bonchev–Trinajstić information content (AvgIpc) is 2.77. The largest absolute Gasteiger partial charge is 0.489 e. The highest BCUT2D eigenvalue weighted by atomic mass is 19.4. The molecule has 31 heavy (non-hydrogen) atoms. The molecule has 3 heterocycles. The van der Waals surface area contributed by atoms with Gasteiger partial charge in [-0.05, 0) is 68.6 Å². The van der Waals surface area contributed by atoms with E-state index in [4.69, 9.17) is 4.74 Å². The summed E-state index contributed by atoms with van der Waals surface area (Å²) in [5.74, 6) is 1.29. The SMILES string of the molecule is CC1C(CN2CCC(c3ccc(C(F)(F)F)cc3)CC2)Nc2cccc3c2N1CCO3. The third-order valence-corrected chi connectivity index (χ3v) is 7.04. The van der Waals surface area contributed by atoms with Crippen molar-refractivity contribution in [2.45, 2.75) is 43.9 Å². The van der Waals surface area contributed by atoms with Crippen molar-refractivity contribution in [3.8, 4) is 5.75 Å². The Morgan fingerprint density at radius 1 is 1.03 bits per heavy atom. The van der Waals surface area contributed by atoms with Crippen LogP contribution in [-0.4, -0.2) is 49.8 Å².